The third-order valence-corrected chi connectivity index (χ3v) is 5.22. The molecule has 0 spiro atoms. The number of hydrogen-bond donors (Lipinski definition) is 2. The van der Waals surface area contributed by atoms with Crippen LogP contribution in [0.2, 0.25) is 0 Å². The molecule has 0 radical (unpaired) electrons. The van der Waals surface area contributed by atoms with E-state index in [9.17, 15) is 0 Å². The van der Waals surface area contributed by atoms with E-state index in [-0.39, 0.29) is 29.5 Å². The third-order valence-electron chi connectivity index (χ3n) is 5.22. The van der Waals surface area contributed by atoms with Crippen LogP contribution in [0.4, 0.5) is 0 Å². The van der Waals surface area contributed by atoms with Gasteiger partial charge in [-0.1, -0.05) is 13.8 Å². The molecule has 0 saturated carbocycles. The Morgan fingerprint density at radius 2 is 1.88 bits per heavy atom. The van der Waals surface area contributed by atoms with E-state index in [2.05, 4.69) is 34.4 Å². The summed E-state index contributed by atoms with van der Waals surface area (Å²) in [5, 5.41) is 6.98. The van der Waals surface area contributed by atoms with Gasteiger partial charge in [-0.15, -0.1) is 24.0 Å². The van der Waals surface area contributed by atoms with Crippen LogP contribution < -0.4 is 10.6 Å². The van der Waals surface area contributed by atoms with E-state index in [0.717, 1.165) is 64.7 Å². The van der Waals surface area contributed by atoms with Gasteiger partial charge in [-0.3, -0.25) is 9.89 Å². The molecule has 0 aliphatic carbocycles. The van der Waals surface area contributed by atoms with Crippen LogP contribution in [0.15, 0.2) is 4.99 Å². The largest absolute Gasteiger partial charge is 0.381 e. The lowest BCUT2D eigenvalue weighted by Gasteiger charge is -2.45. The van der Waals surface area contributed by atoms with Crippen molar-refractivity contribution in [1.82, 2.24) is 15.5 Å². The fourth-order valence-electron chi connectivity index (χ4n) is 3.72. The lowest BCUT2D eigenvalue weighted by atomic mass is 9.88. The lowest BCUT2D eigenvalue weighted by molar-refractivity contribution is -0.0164. The molecule has 0 amide bonds. The fraction of sp³-hybridized carbons (Fsp3) is 0.947. The molecule has 0 unspecified atom stereocenters. The van der Waals surface area contributed by atoms with Gasteiger partial charge in [0.1, 0.15) is 0 Å². The van der Waals surface area contributed by atoms with Crippen molar-refractivity contribution >= 4 is 29.9 Å². The molecule has 2 aliphatic rings. The molecule has 0 aromatic carbocycles. The first kappa shape index (κ1) is 23.9. The molecule has 154 valence electrons. The SMILES string of the molecule is CN=C(NCCCOCC(C)C)NCC1(N2CCCC2)CCOCC1.I. The summed E-state index contributed by atoms with van der Waals surface area (Å²) in [6.07, 6.45) is 5.87. The Balaban J connectivity index is 0.00000338. The van der Waals surface area contributed by atoms with Gasteiger partial charge in [-0.2, -0.15) is 0 Å². The zero-order valence-electron chi connectivity index (χ0n) is 16.9. The summed E-state index contributed by atoms with van der Waals surface area (Å²) in [7, 11) is 1.84. The second-order valence-corrected chi connectivity index (χ2v) is 7.71. The zero-order chi connectivity index (χ0) is 18.0. The molecular formula is C19H39IN4O2. The molecule has 2 fully saturated rings. The molecule has 2 aliphatic heterocycles. The normalized spacial score (nSPS) is 20.8. The van der Waals surface area contributed by atoms with Crippen molar-refractivity contribution in [1.29, 1.82) is 0 Å². The molecule has 0 bridgehead atoms. The van der Waals surface area contributed by atoms with Gasteiger partial charge in [0, 0.05) is 52.1 Å². The molecule has 26 heavy (non-hydrogen) atoms. The minimum Gasteiger partial charge on any atom is -0.381 e. The Morgan fingerprint density at radius 1 is 1.19 bits per heavy atom. The summed E-state index contributed by atoms with van der Waals surface area (Å²) < 4.78 is 11.3. The zero-order valence-corrected chi connectivity index (χ0v) is 19.2. The predicted molar refractivity (Wildman–Crippen MR) is 119 cm³/mol. The molecule has 2 heterocycles. The van der Waals surface area contributed by atoms with E-state index in [1.54, 1.807) is 0 Å². The van der Waals surface area contributed by atoms with Crippen molar-refractivity contribution in [3.63, 3.8) is 0 Å². The van der Waals surface area contributed by atoms with Crippen molar-refractivity contribution in [2.75, 3.05) is 59.7 Å². The number of guanidine groups is 1. The predicted octanol–water partition coefficient (Wildman–Crippen LogP) is 2.48. The maximum Gasteiger partial charge on any atom is 0.191 e. The summed E-state index contributed by atoms with van der Waals surface area (Å²) in [6.45, 7) is 12.0. The Bertz CT molecular complexity index is 395. The van der Waals surface area contributed by atoms with Gasteiger partial charge < -0.3 is 20.1 Å². The molecule has 0 aromatic rings. The Hall–Kier alpha value is -0.120. The number of nitrogens with zero attached hydrogens (tertiary/aromatic N) is 2. The number of ether oxygens (including phenoxy) is 2. The number of aliphatic imine (C=N–C) groups is 1. The Labute approximate surface area is 176 Å². The highest BCUT2D eigenvalue weighted by atomic mass is 127. The minimum atomic E-state index is 0. The fourth-order valence-corrected chi connectivity index (χ4v) is 3.72. The van der Waals surface area contributed by atoms with Gasteiger partial charge >= 0.3 is 0 Å². The van der Waals surface area contributed by atoms with Crippen molar-refractivity contribution in [3.8, 4) is 0 Å². The van der Waals surface area contributed by atoms with Gasteiger partial charge in [0.2, 0.25) is 0 Å². The van der Waals surface area contributed by atoms with Crippen LogP contribution >= 0.6 is 24.0 Å². The number of hydrogen-bond acceptors (Lipinski definition) is 4. The molecule has 2 rings (SSSR count). The highest BCUT2D eigenvalue weighted by molar-refractivity contribution is 14.0. The number of halogens is 1. The molecule has 0 aromatic heterocycles. The molecule has 0 atom stereocenters. The van der Waals surface area contributed by atoms with Gasteiger partial charge in [0.05, 0.1) is 0 Å². The second kappa shape index (κ2) is 13.1. The standard InChI is InChI=1S/C19H38N4O2.HI/c1-17(2)15-25-12-6-9-21-18(20-3)22-16-19(7-13-24-14-8-19)23-10-4-5-11-23;/h17H,4-16H2,1-3H3,(H2,20,21,22);1H. The average molecular weight is 482 g/mol. The quantitative estimate of drug-likeness (QED) is 0.229. The van der Waals surface area contributed by atoms with Crippen LogP contribution in [0.1, 0.15) is 46.0 Å². The molecule has 7 heteroatoms. The minimum absolute atomic E-state index is 0. The van der Waals surface area contributed by atoms with Crippen molar-refractivity contribution in [3.05, 3.63) is 0 Å². The Morgan fingerprint density at radius 3 is 2.50 bits per heavy atom. The van der Waals surface area contributed by atoms with E-state index in [1.165, 1.54) is 25.9 Å². The molecular weight excluding hydrogens is 443 g/mol. The van der Waals surface area contributed by atoms with E-state index < -0.39 is 0 Å². The van der Waals surface area contributed by atoms with E-state index >= 15 is 0 Å². The van der Waals surface area contributed by atoms with Crippen molar-refractivity contribution in [2.24, 2.45) is 10.9 Å². The van der Waals surface area contributed by atoms with Gasteiger partial charge in [-0.05, 0) is 51.1 Å². The van der Waals surface area contributed by atoms with Crippen molar-refractivity contribution < 1.29 is 9.47 Å². The van der Waals surface area contributed by atoms with E-state index in [4.69, 9.17) is 9.47 Å². The number of nitrogens with one attached hydrogen (secondary N) is 2. The van der Waals surface area contributed by atoms with Crippen LogP contribution in [0.3, 0.4) is 0 Å². The first-order chi connectivity index (χ1) is 12.2. The Kier molecular flexibility index (Phi) is 12.1. The lowest BCUT2D eigenvalue weighted by Crippen LogP contribution is -2.58. The highest BCUT2D eigenvalue weighted by Gasteiger charge is 2.39. The van der Waals surface area contributed by atoms with Gasteiger partial charge in [0.15, 0.2) is 5.96 Å². The average Bonchev–Trinajstić information content (AvgIpc) is 3.16. The smallest absolute Gasteiger partial charge is 0.191 e. The first-order valence-electron chi connectivity index (χ1n) is 10.0. The van der Waals surface area contributed by atoms with Crippen LogP contribution in [0.25, 0.3) is 0 Å². The van der Waals surface area contributed by atoms with Crippen LogP contribution in [-0.2, 0) is 9.47 Å². The summed E-state index contributed by atoms with van der Waals surface area (Å²) in [6, 6.07) is 0. The monoisotopic (exact) mass is 482 g/mol. The van der Waals surface area contributed by atoms with Gasteiger partial charge in [0.25, 0.3) is 0 Å². The maximum absolute atomic E-state index is 5.63. The second-order valence-electron chi connectivity index (χ2n) is 7.71. The summed E-state index contributed by atoms with van der Waals surface area (Å²) >= 11 is 0. The summed E-state index contributed by atoms with van der Waals surface area (Å²) in [5.74, 6) is 1.50. The molecule has 2 N–H and O–H groups in total. The van der Waals surface area contributed by atoms with Crippen LogP contribution in [0.5, 0.6) is 0 Å². The third kappa shape index (κ3) is 7.86. The van der Waals surface area contributed by atoms with Gasteiger partial charge in [-0.25, -0.2) is 0 Å². The topological polar surface area (TPSA) is 58.1 Å². The molecule has 2 saturated heterocycles. The summed E-state index contributed by atoms with van der Waals surface area (Å²) in [5.41, 5.74) is 0.229. The highest BCUT2D eigenvalue weighted by Crippen LogP contribution is 2.30. The van der Waals surface area contributed by atoms with E-state index in [1.807, 2.05) is 7.05 Å². The number of likely N-dealkylation sites (tertiary alicyclic amines) is 1. The first-order valence-corrected chi connectivity index (χ1v) is 10.0. The van der Waals surface area contributed by atoms with Crippen LogP contribution in [-0.4, -0.2) is 76.1 Å². The van der Waals surface area contributed by atoms with Crippen LogP contribution in [0, 0.1) is 5.92 Å². The number of rotatable bonds is 9. The van der Waals surface area contributed by atoms with E-state index in [0.29, 0.717) is 5.92 Å². The molecule has 6 nitrogen and oxygen atoms in total. The maximum atomic E-state index is 5.63. The van der Waals surface area contributed by atoms with Crippen molar-refractivity contribution in [2.45, 2.75) is 51.5 Å². The summed E-state index contributed by atoms with van der Waals surface area (Å²) in [4.78, 5) is 7.06.